The van der Waals surface area contributed by atoms with Gasteiger partial charge in [0.05, 0.1) is 12.2 Å². The van der Waals surface area contributed by atoms with Crippen LogP contribution in [0.25, 0.3) is 11.1 Å². The monoisotopic (exact) mass is 530 g/mol. The van der Waals surface area contributed by atoms with Crippen molar-refractivity contribution in [1.82, 2.24) is 4.98 Å². The molecule has 0 aliphatic rings. The average molecular weight is 531 g/mol. The van der Waals surface area contributed by atoms with E-state index in [1.54, 1.807) is 12.1 Å². The van der Waals surface area contributed by atoms with Gasteiger partial charge in [0.15, 0.2) is 8.32 Å². The van der Waals surface area contributed by atoms with Crippen molar-refractivity contribution >= 4 is 8.32 Å². The number of nitrogens with zero attached hydrogens (tertiary/aromatic N) is 2. The lowest BCUT2D eigenvalue weighted by molar-refractivity contribution is 0.161. The van der Waals surface area contributed by atoms with Crippen molar-refractivity contribution in [3.63, 3.8) is 0 Å². The van der Waals surface area contributed by atoms with Gasteiger partial charge in [-0.25, -0.2) is 4.98 Å². The second-order valence-corrected chi connectivity index (χ2v) is 16.4. The summed E-state index contributed by atoms with van der Waals surface area (Å²) >= 11 is 0. The number of hydrogen-bond acceptors (Lipinski definition) is 5. The van der Waals surface area contributed by atoms with E-state index in [1.807, 2.05) is 0 Å². The van der Waals surface area contributed by atoms with E-state index in [-0.39, 0.29) is 11.1 Å². The van der Waals surface area contributed by atoms with Crippen LogP contribution in [-0.2, 0) is 11.0 Å². The number of benzene rings is 2. The molecule has 3 aromatic rings. The number of aromatic nitrogens is 1. The third-order valence-electron chi connectivity index (χ3n) is 7.56. The fourth-order valence-corrected chi connectivity index (χ4v) is 5.78. The van der Waals surface area contributed by atoms with Gasteiger partial charge in [0, 0.05) is 24.8 Å². The largest absolute Gasteiger partial charge is 0.493 e. The number of rotatable bonds is 10. The molecule has 6 heteroatoms. The quantitative estimate of drug-likeness (QED) is 0.247. The summed E-state index contributed by atoms with van der Waals surface area (Å²) in [6.07, 6.45) is 2.56. The lowest BCUT2D eigenvalue weighted by atomic mass is 9.90. The minimum absolute atomic E-state index is 0.171. The zero-order valence-electron chi connectivity index (χ0n) is 24.4. The van der Waals surface area contributed by atoms with Crippen LogP contribution in [0, 0.1) is 32.1 Å². The van der Waals surface area contributed by atoms with Crippen molar-refractivity contribution in [3.8, 4) is 28.8 Å². The molecule has 202 valence electrons. The lowest BCUT2D eigenvalue weighted by Crippen LogP contribution is -2.43. The SMILES string of the molecule is Cc1cc(OCC[C@H](C)O[Si](C)(C)C(C)(C)C)cc(C)c1-c1cccc(COc2ccc(C#N)cn2)c1C. The molecule has 0 N–H and O–H groups in total. The first-order chi connectivity index (χ1) is 17.8. The van der Waals surface area contributed by atoms with Crippen LogP contribution >= 0.6 is 0 Å². The molecule has 0 radical (unpaired) electrons. The molecule has 2 aromatic carbocycles. The Bertz CT molecular complexity index is 1260. The Morgan fingerprint density at radius 3 is 2.26 bits per heavy atom. The van der Waals surface area contributed by atoms with Crippen LogP contribution in [-0.4, -0.2) is 26.0 Å². The molecule has 0 bridgehead atoms. The summed E-state index contributed by atoms with van der Waals surface area (Å²) < 4.78 is 18.6. The smallest absolute Gasteiger partial charge is 0.213 e. The van der Waals surface area contributed by atoms with Gasteiger partial charge in [0.25, 0.3) is 0 Å². The lowest BCUT2D eigenvalue weighted by Gasteiger charge is -2.38. The molecule has 38 heavy (non-hydrogen) atoms. The number of aryl methyl sites for hydroxylation is 2. The average Bonchev–Trinajstić information content (AvgIpc) is 2.83. The van der Waals surface area contributed by atoms with Crippen molar-refractivity contribution in [1.29, 1.82) is 5.26 Å². The molecule has 1 atom stereocenters. The van der Waals surface area contributed by atoms with E-state index >= 15 is 0 Å². The van der Waals surface area contributed by atoms with Gasteiger partial charge in [0.1, 0.15) is 18.4 Å². The molecule has 0 saturated carbocycles. The Labute approximate surface area is 229 Å². The predicted octanol–water partition coefficient (Wildman–Crippen LogP) is 8.30. The third-order valence-corrected chi connectivity index (χ3v) is 12.2. The van der Waals surface area contributed by atoms with Gasteiger partial charge < -0.3 is 13.9 Å². The fraction of sp³-hybridized carbons (Fsp3) is 0.438. The summed E-state index contributed by atoms with van der Waals surface area (Å²) in [4.78, 5) is 4.21. The second-order valence-electron chi connectivity index (χ2n) is 11.6. The number of nitriles is 1. The second kappa shape index (κ2) is 12.1. The van der Waals surface area contributed by atoms with Crippen LogP contribution < -0.4 is 9.47 Å². The van der Waals surface area contributed by atoms with Crippen molar-refractivity contribution < 1.29 is 13.9 Å². The standard InChI is InChI=1S/C32H42N2O3Si/c1-22-17-28(35-16-15-24(3)37-38(8,9)32(5,6)7)18-23(2)31(22)29-12-10-11-27(25(29)4)21-36-30-14-13-26(19-33)20-34-30/h10-14,17-18,20,24H,15-16,21H2,1-9H3/t24-/m0/s1. The van der Waals surface area contributed by atoms with Crippen LogP contribution in [0.3, 0.4) is 0 Å². The maximum atomic E-state index is 8.96. The summed E-state index contributed by atoms with van der Waals surface area (Å²) in [5.74, 6) is 1.40. The highest BCUT2D eigenvalue weighted by Crippen LogP contribution is 2.38. The predicted molar refractivity (Wildman–Crippen MR) is 157 cm³/mol. The van der Waals surface area contributed by atoms with E-state index in [0.717, 1.165) is 17.7 Å². The molecule has 1 aromatic heterocycles. The van der Waals surface area contributed by atoms with E-state index in [1.165, 1.54) is 34.0 Å². The number of pyridine rings is 1. The molecular formula is C32H42N2O3Si. The first kappa shape index (κ1) is 29.4. The molecule has 0 amide bonds. The zero-order valence-corrected chi connectivity index (χ0v) is 25.4. The Hall–Kier alpha value is -3.14. The van der Waals surface area contributed by atoms with Crippen LogP contribution in [0.2, 0.25) is 18.1 Å². The van der Waals surface area contributed by atoms with Crippen molar-refractivity contribution in [2.75, 3.05) is 6.61 Å². The molecule has 0 saturated heterocycles. The van der Waals surface area contributed by atoms with Crippen LogP contribution in [0.5, 0.6) is 11.6 Å². The molecule has 0 aliphatic carbocycles. The van der Waals surface area contributed by atoms with Gasteiger partial charge in [-0.15, -0.1) is 0 Å². The van der Waals surface area contributed by atoms with Gasteiger partial charge in [-0.2, -0.15) is 5.26 Å². The Morgan fingerprint density at radius 2 is 1.68 bits per heavy atom. The van der Waals surface area contributed by atoms with Crippen molar-refractivity contribution in [2.24, 2.45) is 0 Å². The maximum absolute atomic E-state index is 8.96. The van der Waals surface area contributed by atoms with E-state index in [2.05, 4.69) is 103 Å². The molecule has 0 spiro atoms. The normalized spacial score (nSPS) is 12.6. The summed E-state index contributed by atoms with van der Waals surface area (Å²) in [6.45, 7) is 21.0. The van der Waals surface area contributed by atoms with Gasteiger partial charge in [-0.1, -0.05) is 39.0 Å². The van der Waals surface area contributed by atoms with E-state index in [4.69, 9.17) is 19.2 Å². The van der Waals surface area contributed by atoms with Gasteiger partial charge >= 0.3 is 0 Å². The van der Waals surface area contributed by atoms with E-state index in [9.17, 15) is 0 Å². The van der Waals surface area contributed by atoms with Crippen molar-refractivity contribution in [3.05, 3.63) is 76.5 Å². The molecular weight excluding hydrogens is 488 g/mol. The molecule has 0 fully saturated rings. The Kier molecular flexibility index (Phi) is 9.40. The maximum Gasteiger partial charge on any atom is 0.213 e. The number of hydrogen-bond donors (Lipinski definition) is 0. The highest BCUT2D eigenvalue weighted by atomic mass is 28.4. The third kappa shape index (κ3) is 7.24. The van der Waals surface area contributed by atoms with Gasteiger partial charge in [-0.3, -0.25) is 0 Å². The van der Waals surface area contributed by atoms with Gasteiger partial charge in [-0.05, 0) is 97.4 Å². The van der Waals surface area contributed by atoms with Gasteiger partial charge in [0.2, 0.25) is 5.88 Å². The minimum Gasteiger partial charge on any atom is -0.493 e. The summed E-state index contributed by atoms with van der Waals surface area (Å²) in [5.41, 5.74) is 7.57. The highest BCUT2D eigenvalue weighted by molar-refractivity contribution is 6.74. The van der Waals surface area contributed by atoms with Crippen LogP contribution in [0.15, 0.2) is 48.7 Å². The summed E-state index contributed by atoms with van der Waals surface area (Å²) in [5, 5.41) is 9.16. The summed E-state index contributed by atoms with van der Waals surface area (Å²) in [7, 11) is -1.78. The van der Waals surface area contributed by atoms with Crippen molar-refractivity contribution in [2.45, 2.75) is 85.7 Å². The Morgan fingerprint density at radius 1 is 1.00 bits per heavy atom. The Balaban J connectivity index is 1.68. The summed E-state index contributed by atoms with van der Waals surface area (Å²) in [6, 6.07) is 16.1. The van der Waals surface area contributed by atoms with E-state index < -0.39 is 8.32 Å². The molecule has 1 heterocycles. The molecule has 5 nitrogen and oxygen atoms in total. The molecule has 0 unspecified atom stereocenters. The fourth-order valence-electron chi connectivity index (χ4n) is 4.31. The van der Waals surface area contributed by atoms with E-state index in [0.29, 0.717) is 24.7 Å². The molecule has 3 rings (SSSR count). The first-order valence-electron chi connectivity index (χ1n) is 13.3. The first-order valence-corrected chi connectivity index (χ1v) is 16.2. The van der Waals surface area contributed by atoms with Crippen LogP contribution in [0.1, 0.15) is 61.9 Å². The zero-order chi connectivity index (χ0) is 28.1. The highest BCUT2D eigenvalue weighted by Gasteiger charge is 2.38. The molecule has 0 aliphatic heterocycles. The number of ether oxygens (including phenoxy) is 2. The topological polar surface area (TPSA) is 64.4 Å². The minimum atomic E-state index is -1.78. The van der Waals surface area contributed by atoms with Crippen LogP contribution in [0.4, 0.5) is 0 Å².